The first-order valence-corrected chi connectivity index (χ1v) is 8.73. The van der Waals surface area contributed by atoms with Crippen molar-refractivity contribution in [2.45, 2.75) is 50.4 Å². The van der Waals surface area contributed by atoms with Crippen LogP contribution >= 0.6 is 0 Å². The zero-order chi connectivity index (χ0) is 16.8. The van der Waals surface area contributed by atoms with Gasteiger partial charge >= 0.3 is 0 Å². The van der Waals surface area contributed by atoms with Crippen molar-refractivity contribution in [3.8, 4) is 0 Å². The second kappa shape index (κ2) is 7.93. The smallest absolute Gasteiger partial charge is 0.0720 e. The van der Waals surface area contributed by atoms with Gasteiger partial charge in [-0.25, -0.2) is 0 Å². The summed E-state index contributed by atoms with van der Waals surface area (Å²) >= 11 is 0. The average molecular weight is 326 g/mol. The molecule has 2 atom stereocenters. The Morgan fingerprint density at radius 1 is 1.00 bits per heavy atom. The molecule has 2 N–H and O–H groups in total. The molecule has 0 amide bonds. The molecule has 0 spiro atoms. The second-order valence-corrected chi connectivity index (χ2v) is 6.77. The van der Waals surface area contributed by atoms with Crippen LogP contribution in [0, 0.1) is 0 Å². The van der Waals surface area contributed by atoms with Crippen molar-refractivity contribution in [1.82, 2.24) is 0 Å². The number of rotatable bonds is 6. The summed E-state index contributed by atoms with van der Waals surface area (Å²) in [5.74, 6) is 0. The van der Waals surface area contributed by atoms with Crippen molar-refractivity contribution < 1.29 is 14.9 Å². The van der Waals surface area contributed by atoms with Gasteiger partial charge in [0.2, 0.25) is 0 Å². The monoisotopic (exact) mass is 326 g/mol. The average Bonchev–Trinajstić information content (AvgIpc) is 2.67. The van der Waals surface area contributed by atoms with Crippen LogP contribution in [0.5, 0.6) is 0 Å². The summed E-state index contributed by atoms with van der Waals surface area (Å²) in [6.07, 6.45) is 3.92. The maximum atomic E-state index is 10.2. The highest BCUT2D eigenvalue weighted by Crippen LogP contribution is 2.41. The highest BCUT2D eigenvalue weighted by atomic mass is 16.5. The van der Waals surface area contributed by atoms with Gasteiger partial charge in [-0.3, -0.25) is 0 Å². The van der Waals surface area contributed by atoms with Crippen LogP contribution in [0.25, 0.3) is 0 Å². The standard InChI is InChI=1S/C21H26O3/c22-14-18-9-4-5-11-20(18)21(16-23)12-6-10-19(13-21)24-15-17-7-2-1-3-8-17/h1-5,7-9,11,19,22-23H,6,10,12-16H2. The third kappa shape index (κ3) is 3.69. The van der Waals surface area contributed by atoms with E-state index >= 15 is 0 Å². The van der Waals surface area contributed by atoms with E-state index in [2.05, 4.69) is 12.1 Å². The zero-order valence-corrected chi connectivity index (χ0v) is 14.0. The Labute approximate surface area is 143 Å². The minimum Gasteiger partial charge on any atom is -0.395 e. The molecular weight excluding hydrogens is 300 g/mol. The number of ether oxygens (including phenoxy) is 1. The van der Waals surface area contributed by atoms with E-state index < -0.39 is 0 Å². The van der Waals surface area contributed by atoms with Gasteiger partial charge in [-0.05, 0) is 42.4 Å². The van der Waals surface area contributed by atoms with Crippen molar-refractivity contribution in [2.75, 3.05) is 6.61 Å². The quantitative estimate of drug-likeness (QED) is 0.853. The molecule has 2 unspecified atom stereocenters. The van der Waals surface area contributed by atoms with Crippen LogP contribution in [0.4, 0.5) is 0 Å². The van der Waals surface area contributed by atoms with Crippen LogP contribution in [0.15, 0.2) is 54.6 Å². The number of hydrogen-bond acceptors (Lipinski definition) is 3. The van der Waals surface area contributed by atoms with Crippen molar-refractivity contribution >= 4 is 0 Å². The van der Waals surface area contributed by atoms with Crippen LogP contribution in [-0.2, 0) is 23.4 Å². The first kappa shape index (κ1) is 17.2. The molecular formula is C21H26O3. The van der Waals surface area contributed by atoms with E-state index in [1.165, 1.54) is 5.56 Å². The highest BCUT2D eigenvalue weighted by molar-refractivity contribution is 5.35. The normalized spacial score (nSPS) is 24.0. The molecule has 2 aromatic carbocycles. The Balaban J connectivity index is 1.74. The molecule has 2 aromatic rings. The highest BCUT2D eigenvalue weighted by Gasteiger charge is 2.39. The molecule has 0 radical (unpaired) electrons. The number of hydrogen-bond donors (Lipinski definition) is 2. The molecule has 0 aromatic heterocycles. The van der Waals surface area contributed by atoms with E-state index in [0.717, 1.165) is 36.8 Å². The Morgan fingerprint density at radius 2 is 1.75 bits per heavy atom. The Hall–Kier alpha value is -1.68. The third-order valence-electron chi connectivity index (χ3n) is 5.19. The van der Waals surface area contributed by atoms with Crippen molar-refractivity contribution in [3.05, 3.63) is 71.3 Å². The van der Waals surface area contributed by atoms with Gasteiger partial charge in [0, 0.05) is 5.41 Å². The molecule has 1 saturated carbocycles. The van der Waals surface area contributed by atoms with Crippen LogP contribution in [0.2, 0.25) is 0 Å². The topological polar surface area (TPSA) is 49.7 Å². The van der Waals surface area contributed by atoms with E-state index in [4.69, 9.17) is 4.74 Å². The van der Waals surface area contributed by atoms with Gasteiger partial charge in [-0.15, -0.1) is 0 Å². The summed E-state index contributed by atoms with van der Waals surface area (Å²) in [4.78, 5) is 0. The fourth-order valence-electron chi connectivity index (χ4n) is 3.89. The fourth-order valence-corrected chi connectivity index (χ4v) is 3.89. The van der Waals surface area contributed by atoms with E-state index in [9.17, 15) is 10.2 Å². The molecule has 0 aliphatic heterocycles. The van der Waals surface area contributed by atoms with Gasteiger partial charge in [0.15, 0.2) is 0 Å². The lowest BCUT2D eigenvalue weighted by molar-refractivity contribution is -0.0175. The summed E-state index contributed by atoms with van der Waals surface area (Å²) in [6, 6.07) is 18.1. The van der Waals surface area contributed by atoms with E-state index in [1.807, 2.05) is 42.5 Å². The van der Waals surface area contributed by atoms with Crippen LogP contribution in [0.3, 0.4) is 0 Å². The first-order chi connectivity index (χ1) is 11.8. The Bertz CT molecular complexity index is 641. The molecule has 1 fully saturated rings. The lowest BCUT2D eigenvalue weighted by Gasteiger charge is -2.41. The van der Waals surface area contributed by atoms with Gasteiger partial charge in [-0.2, -0.15) is 0 Å². The third-order valence-corrected chi connectivity index (χ3v) is 5.19. The Kier molecular flexibility index (Phi) is 5.67. The Morgan fingerprint density at radius 3 is 2.50 bits per heavy atom. The van der Waals surface area contributed by atoms with Gasteiger partial charge in [0.25, 0.3) is 0 Å². The SMILES string of the molecule is OCc1ccccc1C1(CO)CCCC(OCc2ccccc2)C1. The molecule has 0 bridgehead atoms. The van der Waals surface area contributed by atoms with Crippen molar-refractivity contribution in [3.63, 3.8) is 0 Å². The minimum absolute atomic E-state index is 0.00740. The minimum atomic E-state index is -0.307. The molecule has 1 aliphatic rings. The largest absolute Gasteiger partial charge is 0.395 e. The van der Waals surface area contributed by atoms with Gasteiger partial charge in [-0.1, -0.05) is 54.6 Å². The summed E-state index contributed by atoms with van der Waals surface area (Å²) in [6.45, 7) is 0.706. The first-order valence-electron chi connectivity index (χ1n) is 8.73. The molecule has 128 valence electrons. The second-order valence-electron chi connectivity index (χ2n) is 6.77. The predicted molar refractivity (Wildman–Crippen MR) is 94.6 cm³/mol. The van der Waals surface area contributed by atoms with Crippen LogP contribution in [-0.4, -0.2) is 22.9 Å². The van der Waals surface area contributed by atoms with Crippen molar-refractivity contribution in [2.24, 2.45) is 0 Å². The van der Waals surface area contributed by atoms with Crippen molar-refractivity contribution in [1.29, 1.82) is 0 Å². The lowest BCUT2D eigenvalue weighted by atomic mass is 9.67. The van der Waals surface area contributed by atoms with Gasteiger partial charge < -0.3 is 14.9 Å². The molecule has 24 heavy (non-hydrogen) atoms. The summed E-state index contributed by atoms with van der Waals surface area (Å²) in [5.41, 5.74) is 2.85. The number of aliphatic hydroxyl groups excluding tert-OH is 2. The molecule has 0 saturated heterocycles. The van der Waals surface area contributed by atoms with Crippen LogP contribution < -0.4 is 0 Å². The molecule has 3 nitrogen and oxygen atoms in total. The van der Waals surface area contributed by atoms with Gasteiger partial charge in [0.05, 0.1) is 25.9 Å². The molecule has 1 aliphatic carbocycles. The maximum absolute atomic E-state index is 10.2. The number of benzene rings is 2. The summed E-state index contributed by atoms with van der Waals surface area (Å²) < 4.78 is 6.15. The molecule has 3 rings (SSSR count). The zero-order valence-electron chi connectivity index (χ0n) is 14.0. The number of aliphatic hydroxyl groups is 2. The fraction of sp³-hybridized carbons (Fsp3) is 0.429. The molecule has 0 heterocycles. The van der Waals surface area contributed by atoms with E-state index in [1.54, 1.807) is 0 Å². The van der Waals surface area contributed by atoms with E-state index in [-0.39, 0.29) is 24.7 Å². The van der Waals surface area contributed by atoms with E-state index in [0.29, 0.717) is 6.61 Å². The summed E-state index contributed by atoms with van der Waals surface area (Å²) in [5, 5.41) is 19.8. The summed E-state index contributed by atoms with van der Waals surface area (Å²) in [7, 11) is 0. The molecule has 3 heteroatoms. The van der Waals surface area contributed by atoms with Crippen LogP contribution in [0.1, 0.15) is 42.4 Å². The maximum Gasteiger partial charge on any atom is 0.0720 e. The lowest BCUT2D eigenvalue weighted by Crippen LogP contribution is -2.40. The predicted octanol–water partition coefficient (Wildman–Crippen LogP) is 3.57. The van der Waals surface area contributed by atoms with Gasteiger partial charge in [0.1, 0.15) is 0 Å².